The lowest BCUT2D eigenvalue weighted by molar-refractivity contribution is 0.342. The van der Waals surface area contributed by atoms with E-state index in [-0.39, 0.29) is 0 Å². The zero-order chi connectivity index (χ0) is 8.39. The Morgan fingerprint density at radius 1 is 1.17 bits per heavy atom. The van der Waals surface area contributed by atoms with Gasteiger partial charge >= 0.3 is 0 Å². The molecule has 2 nitrogen and oxygen atoms in total. The van der Waals surface area contributed by atoms with Crippen LogP contribution in [0.3, 0.4) is 0 Å². The van der Waals surface area contributed by atoms with Crippen LogP contribution in [0.4, 0.5) is 0 Å². The highest BCUT2D eigenvalue weighted by Gasteiger charge is 2.02. The second-order valence-electron chi connectivity index (χ2n) is 2.55. The van der Waals surface area contributed by atoms with Crippen molar-refractivity contribution in [2.24, 2.45) is 5.16 Å². The van der Waals surface area contributed by atoms with E-state index >= 15 is 0 Å². The molecular weight excluding hydrogens is 150 g/mol. The largest absolute Gasteiger partial charge is 0.356 e. The maximum absolute atomic E-state index is 5.12. The molecule has 59 valence electrons. The number of hydrogen-bond donors (Lipinski definition) is 0. The molecule has 0 aliphatic carbocycles. The number of allylic oxidation sites excluding steroid dienone is 1. The molecule has 1 heterocycles. The smallest absolute Gasteiger partial charge is 0.165 e. The molecule has 0 amide bonds. The second kappa shape index (κ2) is 2.81. The Labute approximate surface area is 71.2 Å². The zero-order valence-electron chi connectivity index (χ0n) is 6.53. The molecule has 0 N–H and O–H groups in total. The van der Waals surface area contributed by atoms with Gasteiger partial charge in [0.1, 0.15) is 0 Å². The minimum absolute atomic E-state index is 0.631. The summed E-state index contributed by atoms with van der Waals surface area (Å²) in [5.41, 5.74) is 1.66. The predicted molar refractivity (Wildman–Crippen MR) is 48.9 cm³/mol. The van der Waals surface area contributed by atoms with E-state index < -0.39 is 0 Å². The fourth-order valence-corrected chi connectivity index (χ4v) is 1.03. The number of nitrogens with zero attached hydrogens (tertiary/aromatic N) is 1. The van der Waals surface area contributed by atoms with Crippen LogP contribution in [0.25, 0.3) is 6.08 Å². The van der Waals surface area contributed by atoms with Crippen LogP contribution in [0, 0.1) is 6.92 Å². The van der Waals surface area contributed by atoms with Crippen LogP contribution in [-0.4, -0.2) is 5.71 Å². The molecule has 1 aromatic rings. The van der Waals surface area contributed by atoms with Gasteiger partial charge in [0.15, 0.2) is 5.75 Å². The number of benzene rings is 1. The van der Waals surface area contributed by atoms with Crippen molar-refractivity contribution < 1.29 is 4.84 Å². The van der Waals surface area contributed by atoms with Crippen LogP contribution in [0.5, 0.6) is 5.75 Å². The van der Waals surface area contributed by atoms with Gasteiger partial charge < -0.3 is 4.84 Å². The Morgan fingerprint density at radius 3 is 2.92 bits per heavy atom. The molecular formula is C10H8NO. The molecule has 0 fully saturated rings. The van der Waals surface area contributed by atoms with E-state index in [1.54, 1.807) is 0 Å². The standard InChI is InChI=1S/C10H8NO/c1-8-6-7-9-4-2-3-5-10(9)12-11-8/h2-7H,1H2. The molecule has 0 saturated carbocycles. The minimum Gasteiger partial charge on any atom is -0.356 e. The number of para-hydroxylation sites is 1. The van der Waals surface area contributed by atoms with E-state index in [1.807, 2.05) is 36.4 Å². The highest BCUT2D eigenvalue weighted by Crippen LogP contribution is 2.21. The van der Waals surface area contributed by atoms with E-state index in [0.717, 1.165) is 11.3 Å². The summed E-state index contributed by atoms with van der Waals surface area (Å²) in [5.74, 6) is 0.771. The third-order valence-electron chi connectivity index (χ3n) is 1.64. The van der Waals surface area contributed by atoms with Crippen molar-refractivity contribution in [3.8, 4) is 5.75 Å². The summed E-state index contributed by atoms with van der Waals surface area (Å²) in [4.78, 5) is 5.12. The average Bonchev–Trinajstić information content (AvgIpc) is 2.29. The molecule has 12 heavy (non-hydrogen) atoms. The Kier molecular flexibility index (Phi) is 1.67. The summed E-state index contributed by atoms with van der Waals surface area (Å²) in [6.45, 7) is 3.68. The van der Waals surface area contributed by atoms with Gasteiger partial charge in [0.2, 0.25) is 0 Å². The van der Waals surface area contributed by atoms with Gasteiger partial charge in [-0.1, -0.05) is 23.4 Å². The Morgan fingerprint density at radius 2 is 2.00 bits per heavy atom. The quantitative estimate of drug-likeness (QED) is 0.567. The molecule has 2 heteroatoms. The zero-order valence-corrected chi connectivity index (χ0v) is 6.53. The summed E-state index contributed by atoms with van der Waals surface area (Å²) in [7, 11) is 0. The molecule has 1 radical (unpaired) electrons. The van der Waals surface area contributed by atoms with Crippen LogP contribution >= 0.6 is 0 Å². The van der Waals surface area contributed by atoms with Crippen molar-refractivity contribution in [3.63, 3.8) is 0 Å². The van der Waals surface area contributed by atoms with Crippen LogP contribution in [0.15, 0.2) is 35.5 Å². The van der Waals surface area contributed by atoms with E-state index in [1.165, 1.54) is 0 Å². The molecule has 0 bridgehead atoms. The highest BCUT2D eigenvalue weighted by molar-refractivity contribution is 6.01. The average molecular weight is 158 g/mol. The summed E-state index contributed by atoms with van der Waals surface area (Å²) >= 11 is 0. The number of oxime groups is 1. The Balaban J connectivity index is 2.48. The normalized spacial score (nSPS) is 14.2. The molecule has 0 unspecified atom stereocenters. The molecule has 2 rings (SSSR count). The second-order valence-corrected chi connectivity index (χ2v) is 2.55. The Hall–Kier alpha value is -1.57. The fraction of sp³-hybridized carbons (Fsp3) is 0. The third kappa shape index (κ3) is 1.23. The molecule has 0 saturated heterocycles. The van der Waals surface area contributed by atoms with Gasteiger partial charge in [-0.05, 0) is 25.1 Å². The maximum Gasteiger partial charge on any atom is 0.165 e. The van der Waals surface area contributed by atoms with Gasteiger partial charge in [0, 0.05) is 5.56 Å². The van der Waals surface area contributed by atoms with E-state index in [4.69, 9.17) is 4.84 Å². The van der Waals surface area contributed by atoms with Crippen molar-refractivity contribution in [2.45, 2.75) is 0 Å². The van der Waals surface area contributed by atoms with Crippen molar-refractivity contribution in [1.82, 2.24) is 0 Å². The Bertz CT molecular complexity index is 353. The van der Waals surface area contributed by atoms with Crippen LogP contribution in [0.1, 0.15) is 5.56 Å². The maximum atomic E-state index is 5.12. The van der Waals surface area contributed by atoms with E-state index in [2.05, 4.69) is 12.1 Å². The summed E-state index contributed by atoms with van der Waals surface area (Å²) < 4.78 is 0. The van der Waals surface area contributed by atoms with Gasteiger partial charge in [0.05, 0.1) is 5.71 Å². The molecule has 0 aromatic heterocycles. The SMILES string of the molecule is [CH2]C1=NOc2ccccc2C=C1. The summed E-state index contributed by atoms with van der Waals surface area (Å²) in [5, 5.41) is 3.78. The first-order chi connectivity index (χ1) is 5.86. The van der Waals surface area contributed by atoms with Crippen molar-refractivity contribution >= 4 is 11.8 Å². The predicted octanol–water partition coefficient (Wildman–Crippen LogP) is 2.28. The first kappa shape index (κ1) is 7.10. The third-order valence-corrected chi connectivity index (χ3v) is 1.64. The van der Waals surface area contributed by atoms with Crippen LogP contribution < -0.4 is 4.84 Å². The van der Waals surface area contributed by atoms with Crippen LogP contribution in [-0.2, 0) is 0 Å². The van der Waals surface area contributed by atoms with E-state index in [0.29, 0.717) is 5.71 Å². The monoisotopic (exact) mass is 158 g/mol. The molecule has 1 aliphatic heterocycles. The number of hydrogen-bond acceptors (Lipinski definition) is 2. The molecule has 0 atom stereocenters. The lowest BCUT2D eigenvalue weighted by atomic mass is 10.2. The fourth-order valence-electron chi connectivity index (χ4n) is 1.03. The van der Waals surface area contributed by atoms with Gasteiger partial charge in [-0.15, -0.1) is 0 Å². The number of rotatable bonds is 0. The van der Waals surface area contributed by atoms with Crippen molar-refractivity contribution in [1.29, 1.82) is 0 Å². The van der Waals surface area contributed by atoms with Gasteiger partial charge in [-0.25, -0.2) is 0 Å². The number of fused-ring (bicyclic) bond motifs is 1. The van der Waals surface area contributed by atoms with Gasteiger partial charge in [-0.3, -0.25) is 0 Å². The lowest BCUT2D eigenvalue weighted by Crippen LogP contribution is -1.88. The van der Waals surface area contributed by atoms with Gasteiger partial charge in [0.25, 0.3) is 0 Å². The van der Waals surface area contributed by atoms with Crippen LogP contribution in [0.2, 0.25) is 0 Å². The molecule has 0 spiro atoms. The van der Waals surface area contributed by atoms with Gasteiger partial charge in [-0.2, -0.15) is 0 Å². The molecule has 1 aromatic carbocycles. The summed E-state index contributed by atoms with van der Waals surface area (Å²) in [6, 6.07) is 7.72. The van der Waals surface area contributed by atoms with Crippen molar-refractivity contribution in [3.05, 3.63) is 42.8 Å². The minimum atomic E-state index is 0.631. The summed E-state index contributed by atoms with van der Waals surface area (Å²) in [6.07, 6.45) is 3.76. The topological polar surface area (TPSA) is 21.6 Å². The molecule has 1 aliphatic rings. The van der Waals surface area contributed by atoms with E-state index in [9.17, 15) is 0 Å². The highest BCUT2D eigenvalue weighted by atomic mass is 16.6. The first-order valence-corrected chi connectivity index (χ1v) is 3.70. The van der Waals surface area contributed by atoms with Crippen molar-refractivity contribution in [2.75, 3.05) is 0 Å². The first-order valence-electron chi connectivity index (χ1n) is 3.70. The lowest BCUT2D eigenvalue weighted by Gasteiger charge is -1.99.